The second-order valence-electron chi connectivity index (χ2n) is 6.44. The molecule has 1 saturated carbocycles. The van der Waals surface area contributed by atoms with Gasteiger partial charge in [0.25, 0.3) is 0 Å². The molecule has 1 atom stereocenters. The van der Waals surface area contributed by atoms with E-state index in [9.17, 15) is 14.7 Å². The Morgan fingerprint density at radius 2 is 2.00 bits per heavy atom. The van der Waals surface area contributed by atoms with Gasteiger partial charge in [0, 0.05) is 26.1 Å². The highest BCUT2D eigenvalue weighted by molar-refractivity contribution is 5.85. The number of aliphatic carboxylic acids is 1. The Labute approximate surface area is 126 Å². The molecule has 5 nitrogen and oxygen atoms in total. The second kappa shape index (κ2) is 7.25. The van der Waals surface area contributed by atoms with E-state index in [1.165, 1.54) is 0 Å². The lowest BCUT2D eigenvalue weighted by Crippen LogP contribution is -2.45. The quantitative estimate of drug-likeness (QED) is 0.817. The summed E-state index contributed by atoms with van der Waals surface area (Å²) in [7, 11) is 0. The van der Waals surface area contributed by atoms with Crippen LogP contribution in [0.3, 0.4) is 0 Å². The number of carbonyl (C=O) groups is 2. The molecule has 1 heterocycles. The number of piperidine rings is 1. The van der Waals surface area contributed by atoms with Crippen LogP contribution >= 0.6 is 0 Å². The molecular formula is C16H27NO4. The highest BCUT2D eigenvalue weighted by Crippen LogP contribution is 2.42. The predicted octanol–water partition coefficient (Wildman–Crippen LogP) is 2.44. The minimum atomic E-state index is -0.811. The van der Waals surface area contributed by atoms with Crippen LogP contribution in [0, 0.1) is 5.41 Å². The molecular weight excluding hydrogens is 270 g/mol. The van der Waals surface area contributed by atoms with E-state index in [0.717, 1.165) is 45.3 Å². The standard InChI is InChI=1S/C16H27NO4/c1-2-10-21-13-6-5-9-17(12-13)14(18)11-16(15(19)20)7-3-4-8-16/h13H,2-12H2,1H3,(H,19,20). The zero-order valence-electron chi connectivity index (χ0n) is 13.0. The van der Waals surface area contributed by atoms with Crippen molar-refractivity contribution in [2.75, 3.05) is 19.7 Å². The molecule has 0 aromatic carbocycles. The summed E-state index contributed by atoms with van der Waals surface area (Å²) in [4.78, 5) is 25.9. The maximum atomic E-state index is 12.5. The van der Waals surface area contributed by atoms with Crippen LogP contribution in [0.5, 0.6) is 0 Å². The molecule has 0 radical (unpaired) electrons. The maximum Gasteiger partial charge on any atom is 0.310 e. The van der Waals surface area contributed by atoms with Crippen molar-refractivity contribution in [3.63, 3.8) is 0 Å². The molecule has 1 saturated heterocycles. The number of likely N-dealkylation sites (tertiary alicyclic amines) is 1. The van der Waals surface area contributed by atoms with E-state index in [0.29, 0.717) is 19.4 Å². The number of hydrogen-bond donors (Lipinski definition) is 1. The van der Waals surface area contributed by atoms with E-state index < -0.39 is 11.4 Å². The van der Waals surface area contributed by atoms with Crippen LogP contribution in [0.25, 0.3) is 0 Å². The smallest absolute Gasteiger partial charge is 0.310 e. The third-order valence-electron chi connectivity index (χ3n) is 4.79. The summed E-state index contributed by atoms with van der Waals surface area (Å²) >= 11 is 0. The SMILES string of the molecule is CCCOC1CCCN(C(=O)CC2(C(=O)O)CCCC2)C1. The molecule has 1 unspecified atom stereocenters. The molecule has 2 rings (SSSR count). The fourth-order valence-electron chi connectivity index (χ4n) is 3.50. The third kappa shape index (κ3) is 3.96. The zero-order chi connectivity index (χ0) is 15.3. The van der Waals surface area contributed by atoms with Crippen molar-refractivity contribution in [1.29, 1.82) is 0 Å². The number of carboxylic acid groups (broad SMARTS) is 1. The van der Waals surface area contributed by atoms with Crippen LogP contribution in [0.2, 0.25) is 0 Å². The van der Waals surface area contributed by atoms with E-state index in [2.05, 4.69) is 6.92 Å². The molecule has 2 fully saturated rings. The zero-order valence-corrected chi connectivity index (χ0v) is 13.0. The summed E-state index contributed by atoms with van der Waals surface area (Å²) in [6, 6.07) is 0. The van der Waals surface area contributed by atoms with E-state index in [-0.39, 0.29) is 18.4 Å². The molecule has 0 aromatic rings. The largest absolute Gasteiger partial charge is 0.481 e. The maximum absolute atomic E-state index is 12.5. The van der Waals surface area contributed by atoms with Gasteiger partial charge in [0.2, 0.25) is 5.91 Å². The van der Waals surface area contributed by atoms with Crippen molar-refractivity contribution < 1.29 is 19.4 Å². The normalized spacial score (nSPS) is 25.0. The molecule has 5 heteroatoms. The number of rotatable bonds is 6. The van der Waals surface area contributed by atoms with E-state index in [1.807, 2.05) is 4.90 Å². The van der Waals surface area contributed by atoms with Crippen molar-refractivity contribution in [1.82, 2.24) is 4.90 Å². The van der Waals surface area contributed by atoms with Gasteiger partial charge >= 0.3 is 5.97 Å². The number of carbonyl (C=O) groups excluding carboxylic acids is 1. The highest BCUT2D eigenvalue weighted by Gasteiger charge is 2.44. The first-order chi connectivity index (χ1) is 10.1. The summed E-state index contributed by atoms with van der Waals surface area (Å²) < 4.78 is 5.74. The molecule has 0 aromatic heterocycles. The molecule has 1 aliphatic carbocycles. The van der Waals surface area contributed by atoms with Gasteiger partial charge in [-0.05, 0) is 32.1 Å². The van der Waals surface area contributed by atoms with Crippen LogP contribution in [-0.2, 0) is 14.3 Å². The van der Waals surface area contributed by atoms with E-state index in [1.54, 1.807) is 0 Å². The lowest BCUT2D eigenvalue weighted by molar-refractivity contribution is -0.154. The number of amides is 1. The van der Waals surface area contributed by atoms with Crippen molar-refractivity contribution in [2.45, 2.75) is 64.4 Å². The Bertz CT molecular complexity index is 376. The molecule has 0 spiro atoms. The van der Waals surface area contributed by atoms with Gasteiger partial charge in [0.1, 0.15) is 0 Å². The second-order valence-corrected chi connectivity index (χ2v) is 6.44. The molecule has 21 heavy (non-hydrogen) atoms. The Balaban J connectivity index is 1.91. The van der Waals surface area contributed by atoms with Gasteiger partial charge < -0.3 is 14.7 Å². The first-order valence-corrected chi connectivity index (χ1v) is 8.20. The molecule has 1 N–H and O–H groups in total. The molecule has 120 valence electrons. The van der Waals surface area contributed by atoms with Gasteiger partial charge in [-0.1, -0.05) is 19.8 Å². The van der Waals surface area contributed by atoms with Crippen LogP contribution < -0.4 is 0 Å². The van der Waals surface area contributed by atoms with Crippen LogP contribution in [-0.4, -0.2) is 47.7 Å². The Morgan fingerprint density at radius 1 is 1.29 bits per heavy atom. The summed E-state index contributed by atoms with van der Waals surface area (Å²) in [5.74, 6) is -0.812. The fraction of sp³-hybridized carbons (Fsp3) is 0.875. The number of nitrogens with zero attached hydrogens (tertiary/aromatic N) is 1. The molecule has 1 amide bonds. The van der Waals surface area contributed by atoms with Crippen molar-refractivity contribution in [3.05, 3.63) is 0 Å². The van der Waals surface area contributed by atoms with Gasteiger partial charge in [-0.15, -0.1) is 0 Å². The molecule has 0 bridgehead atoms. The van der Waals surface area contributed by atoms with Gasteiger partial charge in [0.05, 0.1) is 11.5 Å². The number of hydrogen-bond acceptors (Lipinski definition) is 3. The highest BCUT2D eigenvalue weighted by atomic mass is 16.5. The van der Waals surface area contributed by atoms with Crippen LogP contribution in [0.15, 0.2) is 0 Å². The first-order valence-electron chi connectivity index (χ1n) is 8.20. The monoisotopic (exact) mass is 297 g/mol. The van der Waals surface area contributed by atoms with Gasteiger partial charge in [-0.2, -0.15) is 0 Å². The van der Waals surface area contributed by atoms with E-state index in [4.69, 9.17) is 4.74 Å². The topological polar surface area (TPSA) is 66.8 Å². The Kier molecular flexibility index (Phi) is 5.62. The minimum Gasteiger partial charge on any atom is -0.481 e. The summed E-state index contributed by atoms with van der Waals surface area (Å²) in [5, 5.41) is 9.48. The van der Waals surface area contributed by atoms with Crippen molar-refractivity contribution in [3.8, 4) is 0 Å². The van der Waals surface area contributed by atoms with Gasteiger partial charge in [-0.3, -0.25) is 9.59 Å². The predicted molar refractivity (Wildman–Crippen MR) is 79.0 cm³/mol. The lowest BCUT2D eigenvalue weighted by atomic mass is 9.82. The lowest BCUT2D eigenvalue weighted by Gasteiger charge is -2.34. The molecule has 2 aliphatic rings. The average molecular weight is 297 g/mol. The van der Waals surface area contributed by atoms with E-state index >= 15 is 0 Å². The minimum absolute atomic E-state index is 0.0101. The fourth-order valence-corrected chi connectivity index (χ4v) is 3.50. The van der Waals surface area contributed by atoms with Crippen molar-refractivity contribution in [2.24, 2.45) is 5.41 Å². The first kappa shape index (κ1) is 16.3. The summed E-state index contributed by atoms with van der Waals surface area (Å²) in [5.41, 5.74) is -0.811. The Hall–Kier alpha value is -1.10. The van der Waals surface area contributed by atoms with Crippen molar-refractivity contribution >= 4 is 11.9 Å². The van der Waals surface area contributed by atoms with Crippen LogP contribution in [0.4, 0.5) is 0 Å². The van der Waals surface area contributed by atoms with Gasteiger partial charge in [0.15, 0.2) is 0 Å². The average Bonchev–Trinajstić information content (AvgIpc) is 2.95. The number of ether oxygens (including phenoxy) is 1. The third-order valence-corrected chi connectivity index (χ3v) is 4.79. The number of carboxylic acids is 1. The van der Waals surface area contributed by atoms with Crippen LogP contribution in [0.1, 0.15) is 58.3 Å². The molecule has 1 aliphatic heterocycles. The summed E-state index contributed by atoms with van der Waals surface area (Å²) in [6.07, 6.45) is 6.30. The summed E-state index contributed by atoms with van der Waals surface area (Å²) in [6.45, 7) is 4.16. The Morgan fingerprint density at radius 3 is 2.62 bits per heavy atom. The van der Waals surface area contributed by atoms with Gasteiger partial charge in [-0.25, -0.2) is 0 Å².